The Morgan fingerprint density at radius 2 is 2.06 bits per heavy atom. The lowest BCUT2D eigenvalue weighted by molar-refractivity contribution is 0.0157. The maximum absolute atomic E-state index is 5.96. The molecule has 0 spiro atoms. The smallest absolute Gasteiger partial charge is 0.136 e. The number of halogens is 2. The van der Waals surface area contributed by atoms with Gasteiger partial charge in [0.15, 0.2) is 0 Å². The van der Waals surface area contributed by atoms with Gasteiger partial charge in [0.05, 0.1) is 13.2 Å². The van der Waals surface area contributed by atoms with E-state index in [1.54, 1.807) is 6.07 Å². The first kappa shape index (κ1) is 13.1. The second-order valence-electron chi connectivity index (χ2n) is 4.15. The summed E-state index contributed by atoms with van der Waals surface area (Å²) in [6.07, 6.45) is 2.15. The summed E-state index contributed by atoms with van der Waals surface area (Å²) < 4.78 is 11.0. The molecule has 0 unspecified atom stereocenters. The zero-order chi connectivity index (χ0) is 12.1. The minimum Gasteiger partial charge on any atom is -0.381 e. The van der Waals surface area contributed by atoms with Crippen molar-refractivity contribution in [1.82, 2.24) is 4.98 Å². The fourth-order valence-corrected chi connectivity index (χ4v) is 2.20. The number of pyridine rings is 1. The molecule has 1 aromatic heterocycles. The fraction of sp³-hybridized carbons (Fsp3) is 0.583. The molecule has 2 heterocycles. The quantitative estimate of drug-likeness (QED) is 0.790. The molecule has 0 aliphatic carbocycles. The molecule has 3 nitrogen and oxygen atoms in total. The van der Waals surface area contributed by atoms with E-state index in [9.17, 15) is 0 Å². The molecular weight excluding hydrogens is 261 g/mol. The Kier molecular flexibility index (Phi) is 5.04. The third-order valence-corrected chi connectivity index (χ3v) is 3.38. The summed E-state index contributed by atoms with van der Waals surface area (Å²) >= 11 is 11.7. The first-order valence-electron chi connectivity index (χ1n) is 5.72. The minimum absolute atomic E-state index is 0.406. The van der Waals surface area contributed by atoms with Gasteiger partial charge in [-0.25, -0.2) is 4.98 Å². The van der Waals surface area contributed by atoms with Gasteiger partial charge < -0.3 is 9.47 Å². The van der Waals surface area contributed by atoms with Crippen LogP contribution in [0.2, 0.25) is 10.3 Å². The molecule has 0 aromatic carbocycles. The lowest BCUT2D eigenvalue weighted by Crippen LogP contribution is -2.20. The molecule has 1 aliphatic heterocycles. The van der Waals surface area contributed by atoms with Crippen molar-refractivity contribution in [3.8, 4) is 0 Å². The Hall–Kier alpha value is -0.350. The van der Waals surface area contributed by atoms with Crippen molar-refractivity contribution in [2.45, 2.75) is 19.4 Å². The van der Waals surface area contributed by atoms with Crippen molar-refractivity contribution < 1.29 is 9.47 Å². The second-order valence-corrected chi connectivity index (χ2v) is 4.90. The van der Waals surface area contributed by atoms with Gasteiger partial charge in [-0.15, -0.1) is 0 Å². The molecule has 1 aliphatic rings. The number of ether oxygens (including phenoxy) is 2. The van der Waals surface area contributed by atoms with E-state index in [-0.39, 0.29) is 0 Å². The summed E-state index contributed by atoms with van der Waals surface area (Å²) in [5.74, 6) is 0.600. The molecule has 17 heavy (non-hydrogen) atoms. The van der Waals surface area contributed by atoms with E-state index in [0.717, 1.165) is 38.2 Å². The van der Waals surface area contributed by atoms with Crippen molar-refractivity contribution in [3.05, 3.63) is 28.0 Å². The van der Waals surface area contributed by atoms with Gasteiger partial charge in [0.2, 0.25) is 0 Å². The molecule has 0 radical (unpaired) electrons. The topological polar surface area (TPSA) is 31.4 Å². The lowest BCUT2D eigenvalue weighted by Gasteiger charge is -2.21. The summed E-state index contributed by atoms with van der Waals surface area (Å²) in [6.45, 7) is 2.93. The van der Waals surface area contributed by atoms with E-state index in [0.29, 0.717) is 22.8 Å². The normalized spacial score (nSPS) is 17.3. The van der Waals surface area contributed by atoms with Gasteiger partial charge in [0, 0.05) is 18.8 Å². The average Bonchev–Trinajstić information content (AvgIpc) is 2.33. The Morgan fingerprint density at radius 1 is 1.29 bits per heavy atom. The van der Waals surface area contributed by atoms with Crippen LogP contribution >= 0.6 is 23.2 Å². The molecule has 2 rings (SSSR count). The Bertz CT molecular complexity index is 368. The average molecular weight is 276 g/mol. The Morgan fingerprint density at radius 3 is 2.76 bits per heavy atom. The number of nitrogens with zero attached hydrogens (tertiary/aromatic N) is 1. The lowest BCUT2D eigenvalue weighted by atomic mass is 10.0. The van der Waals surface area contributed by atoms with Crippen molar-refractivity contribution in [2.24, 2.45) is 5.92 Å². The summed E-state index contributed by atoms with van der Waals surface area (Å²) in [5.41, 5.74) is 0.878. The molecule has 0 amide bonds. The van der Waals surface area contributed by atoms with Crippen LogP contribution in [0, 0.1) is 5.92 Å². The molecule has 1 aromatic rings. The van der Waals surface area contributed by atoms with Crippen LogP contribution in [0.15, 0.2) is 12.1 Å². The van der Waals surface area contributed by atoms with Crippen LogP contribution in [-0.2, 0) is 16.1 Å². The monoisotopic (exact) mass is 275 g/mol. The van der Waals surface area contributed by atoms with E-state index >= 15 is 0 Å². The second kappa shape index (κ2) is 6.55. The van der Waals surface area contributed by atoms with Gasteiger partial charge in [-0.1, -0.05) is 29.3 Å². The van der Waals surface area contributed by atoms with E-state index < -0.39 is 0 Å². The molecule has 0 bridgehead atoms. The summed E-state index contributed by atoms with van der Waals surface area (Å²) in [5, 5.41) is 0.827. The van der Waals surface area contributed by atoms with Crippen LogP contribution in [0.5, 0.6) is 0 Å². The van der Waals surface area contributed by atoms with E-state index in [4.69, 9.17) is 32.7 Å². The number of aromatic nitrogens is 1. The van der Waals surface area contributed by atoms with Crippen molar-refractivity contribution >= 4 is 23.2 Å². The fourth-order valence-electron chi connectivity index (χ4n) is 1.80. The van der Waals surface area contributed by atoms with Crippen LogP contribution in [-0.4, -0.2) is 24.8 Å². The van der Waals surface area contributed by atoms with Gasteiger partial charge in [0.1, 0.15) is 10.3 Å². The van der Waals surface area contributed by atoms with Gasteiger partial charge in [0.25, 0.3) is 0 Å². The van der Waals surface area contributed by atoms with Crippen molar-refractivity contribution in [2.75, 3.05) is 19.8 Å². The van der Waals surface area contributed by atoms with Crippen LogP contribution < -0.4 is 0 Å². The SMILES string of the molecule is Clc1ccc(COCC2CCOCC2)c(Cl)n1. The van der Waals surface area contributed by atoms with Crippen molar-refractivity contribution in [3.63, 3.8) is 0 Å². The Labute approximate surface area is 111 Å². The Balaban J connectivity index is 1.77. The third kappa shape index (κ3) is 4.11. The molecule has 0 N–H and O–H groups in total. The number of hydrogen-bond acceptors (Lipinski definition) is 3. The summed E-state index contributed by atoms with van der Waals surface area (Å²) in [6, 6.07) is 3.57. The number of hydrogen-bond donors (Lipinski definition) is 0. The van der Waals surface area contributed by atoms with Crippen LogP contribution in [0.4, 0.5) is 0 Å². The minimum atomic E-state index is 0.406. The molecular formula is C12H15Cl2NO2. The molecule has 0 saturated carbocycles. The standard InChI is InChI=1S/C12H15Cl2NO2/c13-11-2-1-10(12(14)15-11)8-17-7-9-3-5-16-6-4-9/h1-2,9H,3-8H2. The van der Waals surface area contributed by atoms with E-state index in [1.165, 1.54) is 0 Å². The molecule has 1 saturated heterocycles. The van der Waals surface area contributed by atoms with E-state index in [1.807, 2.05) is 6.07 Å². The molecule has 0 atom stereocenters. The highest BCUT2D eigenvalue weighted by Gasteiger charge is 2.14. The maximum Gasteiger partial charge on any atom is 0.136 e. The first-order valence-corrected chi connectivity index (χ1v) is 6.47. The third-order valence-electron chi connectivity index (χ3n) is 2.84. The summed E-state index contributed by atoms with van der Waals surface area (Å²) in [4.78, 5) is 3.97. The highest BCUT2D eigenvalue weighted by Crippen LogP contribution is 2.19. The maximum atomic E-state index is 5.96. The van der Waals surface area contributed by atoms with Gasteiger partial charge in [-0.05, 0) is 24.8 Å². The van der Waals surface area contributed by atoms with Gasteiger partial charge in [-0.2, -0.15) is 0 Å². The molecule has 5 heteroatoms. The predicted octanol–water partition coefficient (Wildman–Crippen LogP) is 3.33. The van der Waals surface area contributed by atoms with Gasteiger partial charge in [-0.3, -0.25) is 0 Å². The first-order chi connectivity index (χ1) is 8.25. The molecule has 94 valence electrons. The predicted molar refractivity (Wildman–Crippen MR) is 67.5 cm³/mol. The van der Waals surface area contributed by atoms with Crippen LogP contribution in [0.25, 0.3) is 0 Å². The largest absolute Gasteiger partial charge is 0.381 e. The summed E-state index contributed by atoms with van der Waals surface area (Å²) in [7, 11) is 0. The van der Waals surface area contributed by atoms with Gasteiger partial charge >= 0.3 is 0 Å². The highest BCUT2D eigenvalue weighted by molar-refractivity contribution is 6.32. The zero-order valence-corrected chi connectivity index (χ0v) is 11.0. The van der Waals surface area contributed by atoms with Crippen molar-refractivity contribution in [1.29, 1.82) is 0 Å². The zero-order valence-electron chi connectivity index (χ0n) is 9.49. The highest BCUT2D eigenvalue weighted by atomic mass is 35.5. The van der Waals surface area contributed by atoms with Crippen LogP contribution in [0.1, 0.15) is 18.4 Å². The molecule has 1 fully saturated rings. The number of rotatable bonds is 4. The van der Waals surface area contributed by atoms with Crippen LogP contribution in [0.3, 0.4) is 0 Å². The van der Waals surface area contributed by atoms with E-state index in [2.05, 4.69) is 4.98 Å².